The van der Waals surface area contributed by atoms with Crippen LogP contribution in [0.15, 0.2) is 77.4 Å². The molecular weight excluding hydrogens is 497 g/mol. The Bertz CT molecular complexity index is 1670. The van der Waals surface area contributed by atoms with Crippen LogP contribution in [0.1, 0.15) is 0 Å². The van der Waals surface area contributed by atoms with E-state index in [9.17, 15) is 12.8 Å². The Hall–Kier alpha value is -4.39. The maximum atomic E-state index is 13.2. The number of anilines is 2. The zero-order valence-corrected chi connectivity index (χ0v) is 20.6. The molecule has 1 aromatic carbocycles. The minimum Gasteiger partial charge on any atom is -0.351 e. The number of sulfone groups is 1. The fourth-order valence-electron chi connectivity index (χ4n) is 4.37. The molecule has 0 unspecified atom stereocenters. The molecule has 1 fully saturated rings. The zero-order chi connectivity index (χ0) is 25.6. The number of rotatable bonds is 5. The molecule has 0 bridgehead atoms. The first-order chi connectivity index (χ1) is 17.9. The smallest absolute Gasteiger partial charge is 0.225 e. The molecule has 1 aliphatic heterocycles. The zero-order valence-electron chi connectivity index (χ0n) is 19.8. The lowest BCUT2D eigenvalue weighted by Gasteiger charge is -2.35. The van der Waals surface area contributed by atoms with Gasteiger partial charge in [-0.05, 0) is 30.3 Å². The molecule has 0 amide bonds. The molecule has 4 aromatic heterocycles. The van der Waals surface area contributed by atoms with Gasteiger partial charge < -0.3 is 9.80 Å². The summed E-state index contributed by atoms with van der Waals surface area (Å²) in [5.74, 6) is 0.789. The van der Waals surface area contributed by atoms with Crippen LogP contribution in [0.5, 0.6) is 0 Å². The average Bonchev–Trinajstić information content (AvgIpc) is 3.55. The summed E-state index contributed by atoms with van der Waals surface area (Å²) < 4.78 is 42.3. The highest BCUT2D eigenvalue weighted by Gasteiger charge is 2.24. The van der Waals surface area contributed by atoms with Crippen molar-refractivity contribution in [2.24, 2.45) is 7.05 Å². The van der Waals surface area contributed by atoms with E-state index in [-0.39, 0.29) is 9.79 Å². The maximum absolute atomic E-state index is 13.2. The number of aryl methyl sites for hydroxylation is 1. The summed E-state index contributed by atoms with van der Waals surface area (Å²) >= 11 is 0. The molecule has 0 aliphatic carbocycles. The van der Waals surface area contributed by atoms with E-state index in [1.54, 1.807) is 11.0 Å². The summed E-state index contributed by atoms with van der Waals surface area (Å²) in [5, 5.41) is 8.61. The van der Waals surface area contributed by atoms with Crippen molar-refractivity contribution >= 4 is 27.1 Å². The fourth-order valence-corrected chi connectivity index (χ4v) is 5.52. The van der Waals surface area contributed by atoms with Crippen LogP contribution in [0.2, 0.25) is 0 Å². The first-order valence-corrected chi connectivity index (χ1v) is 13.0. The molecule has 11 nitrogen and oxygen atoms in total. The van der Waals surface area contributed by atoms with Crippen molar-refractivity contribution in [1.29, 1.82) is 0 Å². The summed E-state index contributed by atoms with van der Waals surface area (Å²) in [6.07, 6.45) is 9.87. The first-order valence-electron chi connectivity index (χ1n) is 11.5. The SMILES string of the molecule is Cn1cc(-c2cc3c(N4CCN(c5ncc(S(=O)(=O)c6ccc(F)cc6)cn5)CC4)ncnn3c2)cn1. The first kappa shape index (κ1) is 23.0. The van der Waals surface area contributed by atoms with Crippen molar-refractivity contribution < 1.29 is 12.8 Å². The van der Waals surface area contributed by atoms with E-state index in [1.165, 1.54) is 24.5 Å². The van der Waals surface area contributed by atoms with Gasteiger partial charge in [0.15, 0.2) is 5.82 Å². The summed E-state index contributed by atoms with van der Waals surface area (Å²) in [7, 11) is -1.95. The van der Waals surface area contributed by atoms with Crippen LogP contribution in [0, 0.1) is 5.82 Å². The molecule has 5 aromatic rings. The van der Waals surface area contributed by atoms with E-state index in [2.05, 4.69) is 36.1 Å². The van der Waals surface area contributed by atoms with E-state index in [0.717, 1.165) is 34.6 Å². The van der Waals surface area contributed by atoms with E-state index >= 15 is 0 Å². The molecule has 6 rings (SSSR count). The van der Waals surface area contributed by atoms with Gasteiger partial charge in [0.25, 0.3) is 0 Å². The van der Waals surface area contributed by atoms with Gasteiger partial charge in [0.1, 0.15) is 22.6 Å². The standard InChI is InChI=1S/C24H22FN9O2S/c1-31-14-18(11-29-31)17-10-22-23(28-16-30-34(22)15-17)32-6-8-33(9-7-32)24-26-12-21(13-27-24)37(35,36)20-4-2-19(25)3-5-20/h2-5,10-16H,6-9H2,1H3. The molecule has 1 aliphatic rings. The van der Waals surface area contributed by atoms with Crippen LogP contribution in [-0.4, -0.2) is 68.9 Å². The lowest BCUT2D eigenvalue weighted by molar-refractivity contribution is 0.593. The van der Waals surface area contributed by atoms with Gasteiger partial charge in [-0.3, -0.25) is 4.68 Å². The molecule has 0 N–H and O–H groups in total. The number of benzene rings is 1. The highest BCUT2D eigenvalue weighted by Crippen LogP contribution is 2.27. The Morgan fingerprint density at radius 3 is 2.19 bits per heavy atom. The number of hydrogen-bond acceptors (Lipinski definition) is 9. The number of fused-ring (bicyclic) bond motifs is 1. The number of hydrogen-bond donors (Lipinski definition) is 0. The monoisotopic (exact) mass is 519 g/mol. The Kier molecular flexibility index (Phi) is 5.56. The second-order valence-electron chi connectivity index (χ2n) is 8.70. The normalized spacial score (nSPS) is 14.4. The van der Waals surface area contributed by atoms with Crippen molar-refractivity contribution in [2.75, 3.05) is 36.0 Å². The summed E-state index contributed by atoms with van der Waals surface area (Å²) in [5.41, 5.74) is 2.92. The third-order valence-electron chi connectivity index (χ3n) is 6.33. The van der Waals surface area contributed by atoms with Crippen molar-refractivity contribution in [2.45, 2.75) is 9.79 Å². The number of nitrogens with zero attached hydrogens (tertiary/aromatic N) is 9. The van der Waals surface area contributed by atoms with Crippen LogP contribution in [0.4, 0.5) is 16.2 Å². The Morgan fingerprint density at radius 1 is 0.811 bits per heavy atom. The Morgan fingerprint density at radius 2 is 1.51 bits per heavy atom. The molecule has 188 valence electrons. The maximum Gasteiger partial charge on any atom is 0.225 e. The summed E-state index contributed by atoms with van der Waals surface area (Å²) in [6.45, 7) is 2.63. The number of aromatic nitrogens is 7. The third kappa shape index (κ3) is 4.27. The van der Waals surface area contributed by atoms with E-state index in [4.69, 9.17) is 0 Å². The highest BCUT2D eigenvalue weighted by molar-refractivity contribution is 7.91. The van der Waals surface area contributed by atoms with Crippen molar-refractivity contribution in [3.05, 3.63) is 73.5 Å². The summed E-state index contributed by atoms with van der Waals surface area (Å²) in [4.78, 5) is 17.3. The van der Waals surface area contributed by atoms with Gasteiger partial charge in [0, 0.05) is 56.7 Å². The van der Waals surface area contributed by atoms with E-state index in [1.807, 2.05) is 35.1 Å². The van der Waals surface area contributed by atoms with Gasteiger partial charge in [0.05, 0.1) is 23.5 Å². The van der Waals surface area contributed by atoms with Crippen molar-refractivity contribution in [1.82, 2.24) is 34.3 Å². The van der Waals surface area contributed by atoms with Gasteiger partial charge >= 0.3 is 0 Å². The predicted octanol–water partition coefficient (Wildman–Crippen LogP) is 2.22. The molecule has 0 radical (unpaired) electrons. The van der Waals surface area contributed by atoms with Gasteiger partial charge in [-0.25, -0.2) is 32.3 Å². The fraction of sp³-hybridized carbons (Fsp3) is 0.208. The van der Waals surface area contributed by atoms with Crippen molar-refractivity contribution in [3.63, 3.8) is 0 Å². The highest BCUT2D eigenvalue weighted by atomic mass is 32.2. The van der Waals surface area contributed by atoms with Crippen LogP contribution in [-0.2, 0) is 16.9 Å². The lowest BCUT2D eigenvalue weighted by Crippen LogP contribution is -2.47. The van der Waals surface area contributed by atoms with Crippen molar-refractivity contribution in [3.8, 4) is 11.1 Å². The van der Waals surface area contributed by atoms with Gasteiger partial charge in [0.2, 0.25) is 15.8 Å². The average molecular weight is 520 g/mol. The Balaban J connectivity index is 1.17. The molecule has 5 heterocycles. The van der Waals surface area contributed by atoms with Crippen LogP contribution < -0.4 is 9.80 Å². The van der Waals surface area contributed by atoms with Gasteiger partial charge in [-0.1, -0.05) is 0 Å². The third-order valence-corrected chi connectivity index (χ3v) is 8.06. The topological polar surface area (TPSA) is 114 Å². The molecule has 1 saturated heterocycles. The molecular formula is C24H22FN9O2S. The molecule has 0 saturated carbocycles. The minimum atomic E-state index is -3.83. The quantitative estimate of drug-likeness (QED) is 0.322. The number of halogens is 1. The molecule has 0 spiro atoms. The van der Waals surface area contributed by atoms with Gasteiger partial charge in [-0.2, -0.15) is 10.2 Å². The van der Waals surface area contributed by atoms with Gasteiger partial charge in [-0.15, -0.1) is 0 Å². The second-order valence-corrected chi connectivity index (χ2v) is 10.6. The number of piperazine rings is 1. The molecule has 37 heavy (non-hydrogen) atoms. The van der Waals surface area contributed by atoms with E-state index < -0.39 is 15.7 Å². The predicted molar refractivity (Wildman–Crippen MR) is 133 cm³/mol. The summed E-state index contributed by atoms with van der Waals surface area (Å²) in [6, 6.07) is 6.74. The second kappa shape index (κ2) is 8.92. The molecule has 0 atom stereocenters. The van der Waals surface area contributed by atoms with Crippen LogP contribution in [0.3, 0.4) is 0 Å². The largest absolute Gasteiger partial charge is 0.351 e. The molecule has 13 heteroatoms. The van der Waals surface area contributed by atoms with Crippen LogP contribution in [0.25, 0.3) is 16.6 Å². The minimum absolute atomic E-state index is 0.00732. The van der Waals surface area contributed by atoms with E-state index in [0.29, 0.717) is 32.1 Å². The lowest BCUT2D eigenvalue weighted by atomic mass is 10.2. The van der Waals surface area contributed by atoms with Crippen LogP contribution >= 0.6 is 0 Å². The Labute approximate surface area is 211 Å².